The van der Waals surface area contributed by atoms with Crippen molar-refractivity contribution in [1.82, 2.24) is 34.7 Å². The Morgan fingerprint density at radius 3 is 2.69 bits per heavy atom. The molecule has 8 nitrogen and oxygen atoms in total. The third-order valence-electron chi connectivity index (χ3n) is 4.61. The SMILES string of the molecule is Cc1cc(NCc2cn(-c3ccc(-n4ncc5ncccc54)cc3)nn2)ccn1. The van der Waals surface area contributed by atoms with Gasteiger partial charge in [0.25, 0.3) is 0 Å². The second-order valence-electron chi connectivity index (χ2n) is 6.67. The average Bonchev–Trinajstić information content (AvgIpc) is 3.40. The van der Waals surface area contributed by atoms with Crippen molar-refractivity contribution in [2.24, 2.45) is 0 Å². The van der Waals surface area contributed by atoms with Crippen LogP contribution in [0.25, 0.3) is 22.4 Å². The fourth-order valence-corrected chi connectivity index (χ4v) is 3.17. The fraction of sp³-hybridized carbons (Fsp3) is 0.0952. The summed E-state index contributed by atoms with van der Waals surface area (Å²) < 4.78 is 3.64. The second kappa shape index (κ2) is 7.16. The normalized spacial score (nSPS) is 11.1. The topological polar surface area (TPSA) is 86.3 Å². The number of nitrogens with one attached hydrogen (secondary N) is 1. The molecule has 1 N–H and O–H groups in total. The number of aryl methyl sites for hydroxylation is 1. The lowest BCUT2D eigenvalue weighted by molar-refractivity contribution is 0.797. The second-order valence-corrected chi connectivity index (χ2v) is 6.67. The molecule has 0 aliphatic carbocycles. The molecule has 0 amide bonds. The van der Waals surface area contributed by atoms with Crippen LogP contribution in [0.5, 0.6) is 0 Å². The number of pyridine rings is 2. The van der Waals surface area contributed by atoms with E-state index in [-0.39, 0.29) is 0 Å². The Hall–Kier alpha value is -4.07. The Bertz CT molecular complexity index is 1270. The van der Waals surface area contributed by atoms with Gasteiger partial charge in [-0.3, -0.25) is 9.97 Å². The largest absolute Gasteiger partial charge is 0.379 e. The van der Waals surface area contributed by atoms with E-state index >= 15 is 0 Å². The van der Waals surface area contributed by atoms with Crippen molar-refractivity contribution in [3.05, 3.63) is 84.7 Å². The molecule has 1 aromatic carbocycles. The van der Waals surface area contributed by atoms with Gasteiger partial charge in [-0.15, -0.1) is 5.10 Å². The molecule has 0 atom stereocenters. The number of fused-ring (bicyclic) bond motifs is 1. The highest BCUT2D eigenvalue weighted by Gasteiger charge is 2.07. The van der Waals surface area contributed by atoms with Crippen LogP contribution in [0.15, 0.2) is 73.3 Å². The van der Waals surface area contributed by atoms with Gasteiger partial charge in [0.1, 0.15) is 11.2 Å². The summed E-state index contributed by atoms with van der Waals surface area (Å²) in [5, 5.41) is 16.3. The van der Waals surface area contributed by atoms with E-state index in [1.165, 1.54) is 0 Å². The van der Waals surface area contributed by atoms with E-state index in [1.807, 2.05) is 66.3 Å². The lowest BCUT2D eigenvalue weighted by atomic mass is 10.2. The van der Waals surface area contributed by atoms with E-state index in [0.29, 0.717) is 6.54 Å². The zero-order valence-corrected chi connectivity index (χ0v) is 15.8. The van der Waals surface area contributed by atoms with Gasteiger partial charge in [0.2, 0.25) is 0 Å². The van der Waals surface area contributed by atoms with Crippen molar-refractivity contribution in [3.8, 4) is 11.4 Å². The van der Waals surface area contributed by atoms with E-state index in [2.05, 4.69) is 30.7 Å². The number of benzene rings is 1. The number of anilines is 1. The zero-order chi connectivity index (χ0) is 19.6. The van der Waals surface area contributed by atoms with Crippen LogP contribution in [0.3, 0.4) is 0 Å². The van der Waals surface area contributed by atoms with Gasteiger partial charge in [0, 0.05) is 23.8 Å². The molecule has 4 aromatic heterocycles. The van der Waals surface area contributed by atoms with Crippen molar-refractivity contribution < 1.29 is 0 Å². The van der Waals surface area contributed by atoms with E-state index in [4.69, 9.17) is 0 Å². The summed E-state index contributed by atoms with van der Waals surface area (Å²) in [6, 6.07) is 15.9. The maximum atomic E-state index is 4.44. The average molecular weight is 382 g/mol. The molecular weight excluding hydrogens is 364 g/mol. The van der Waals surface area contributed by atoms with Crippen molar-refractivity contribution in [1.29, 1.82) is 0 Å². The van der Waals surface area contributed by atoms with Gasteiger partial charge in [0.15, 0.2) is 0 Å². The smallest absolute Gasteiger partial charge is 0.109 e. The number of hydrogen-bond donors (Lipinski definition) is 1. The molecule has 0 saturated heterocycles. The number of aromatic nitrogens is 7. The highest BCUT2D eigenvalue weighted by molar-refractivity contribution is 5.75. The molecule has 5 rings (SSSR count). The van der Waals surface area contributed by atoms with Gasteiger partial charge >= 0.3 is 0 Å². The molecule has 29 heavy (non-hydrogen) atoms. The van der Waals surface area contributed by atoms with E-state index < -0.39 is 0 Å². The quantitative estimate of drug-likeness (QED) is 0.502. The third-order valence-corrected chi connectivity index (χ3v) is 4.61. The first kappa shape index (κ1) is 17.1. The Labute approximate surface area is 166 Å². The molecule has 0 spiro atoms. The summed E-state index contributed by atoms with van der Waals surface area (Å²) in [5.74, 6) is 0. The summed E-state index contributed by atoms with van der Waals surface area (Å²) in [7, 11) is 0. The highest BCUT2D eigenvalue weighted by atomic mass is 15.4. The number of hydrogen-bond acceptors (Lipinski definition) is 6. The predicted molar refractivity (Wildman–Crippen MR) is 110 cm³/mol. The summed E-state index contributed by atoms with van der Waals surface area (Å²) in [6.07, 6.45) is 7.24. The molecule has 0 aliphatic rings. The Morgan fingerprint density at radius 1 is 0.966 bits per heavy atom. The molecular formula is C21H18N8. The molecule has 0 radical (unpaired) electrons. The maximum Gasteiger partial charge on any atom is 0.109 e. The molecule has 0 fully saturated rings. The molecule has 142 valence electrons. The van der Waals surface area contributed by atoms with E-state index in [1.54, 1.807) is 23.3 Å². The van der Waals surface area contributed by atoms with Gasteiger partial charge < -0.3 is 5.32 Å². The molecule has 0 bridgehead atoms. The van der Waals surface area contributed by atoms with Crippen molar-refractivity contribution in [3.63, 3.8) is 0 Å². The predicted octanol–water partition coefficient (Wildman–Crippen LogP) is 3.32. The van der Waals surface area contributed by atoms with Gasteiger partial charge in [-0.2, -0.15) is 5.10 Å². The van der Waals surface area contributed by atoms with Crippen LogP contribution in [0.4, 0.5) is 5.69 Å². The van der Waals surface area contributed by atoms with Crippen molar-refractivity contribution >= 4 is 16.7 Å². The number of rotatable bonds is 5. The van der Waals surface area contributed by atoms with Crippen LogP contribution in [-0.4, -0.2) is 34.7 Å². The van der Waals surface area contributed by atoms with Gasteiger partial charge in [0.05, 0.1) is 35.8 Å². The van der Waals surface area contributed by atoms with E-state index in [0.717, 1.165) is 39.5 Å². The van der Waals surface area contributed by atoms with Gasteiger partial charge in [-0.05, 0) is 55.5 Å². The maximum absolute atomic E-state index is 4.44. The monoisotopic (exact) mass is 382 g/mol. The zero-order valence-electron chi connectivity index (χ0n) is 15.8. The van der Waals surface area contributed by atoms with Crippen LogP contribution in [0.1, 0.15) is 11.4 Å². The fourth-order valence-electron chi connectivity index (χ4n) is 3.17. The van der Waals surface area contributed by atoms with Crippen LogP contribution in [-0.2, 0) is 6.54 Å². The molecule has 4 heterocycles. The minimum atomic E-state index is 0.591. The summed E-state index contributed by atoms with van der Waals surface area (Å²) in [5.41, 5.74) is 6.58. The summed E-state index contributed by atoms with van der Waals surface area (Å²) in [4.78, 5) is 8.52. The minimum absolute atomic E-state index is 0.591. The Balaban J connectivity index is 1.33. The number of nitrogens with zero attached hydrogens (tertiary/aromatic N) is 7. The summed E-state index contributed by atoms with van der Waals surface area (Å²) >= 11 is 0. The summed E-state index contributed by atoms with van der Waals surface area (Å²) in [6.45, 7) is 2.56. The lowest BCUT2D eigenvalue weighted by Gasteiger charge is -2.05. The molecule has 0 aliphatic heterocycles. The Kier molecular flexibility index (Phi) is 4.21. The van der Waals surface area contributed by atoms with Crippen LogP contribution in [0, 0.1) is 6.92 Å². The van der Waals surface area contributed by atoms with Crippen LogP contribution in [0.2, 0.25) is 0 Å². The molecule has 0 unspecified atom stereocenters. The molecule has 0 saturated carbocycles. The lowest BCUT2D eigenvalue weighted by Crippen LogP contribution is -2.00. The van der Waals surface area contributed by atoms with Crippen molar-refractivity contribution in [2.75, 3.05) is 5.32 Å². The Morgan fingerprint density at radius 2 is 1.83 bits per heavy atom. The van der Waals surface area contributed by atoms with Crippen LogP contribution >= 0.6 is 0 Å². The standard InChI is InChI=1S/C21H18N8/c1-15-11-16(8-10-22-15)24-12-17-14-28(27-26-17)18-4-6-19(7-5-18)29-21-3-2-9-23-20(21)13-25-29/h2-11,13-14H,12H2,1H3,(H,22,24). The minimum Gasteiger partial charge on any atom is -0.379 e. The van der Waals surface area contributed by atoms with Crippen LogP contribution < -0.4 is 5.32 Å². The third kappa shape index (κ3) is 3.43. The van der Waals surface area contributed by atoms with Gasteiger partial charge in [-0.25, -0.2) is 9.36 Å². The first-order chi connectivity index (χ1) is 14.3. The van der Waals surface area contributed by atoms with Gasteiger partial charge in [-0.1, -0.05) is 5.21 Å². The molecule has 8 heteroatoms. The molecule has 5 aromatic rings. The van der Waals surface area contributed by atoms with Crippen molar-refractivity contribution in [2.45, 2.75) is 13.5 Å². The van der Waals surface area contributed by atoms with E-state index in [9.17, 15) is 0 Å². The first-order valence-corrected chi connectivity index (χ1v) is 9.23. The first-order valence-electron chi connectivity index (χ1n) is 9.23. The highest BCUT2D eigenvalue weighted by Crippen LogP contribution is 2.18.